The number of rotatable bonds is 5. The van der Waals surface area contributed by atoms with Crippen molar-refractivity contribution >= 4 is 28.5 Å². The summed E-state index contributed by atoms with van der Waals surface area (Å²) < 4.78 is 1.13. The van der Waals surface area contributed by atoms with Gasteiger partial charge in [0.25, 0.3) is 5.91 Å². The van der Waals surface area contributed by atoms with Crippen LogP contribution in [0.15, 0.2) is 24.3 Å². The van der Waals surface area contributed by atoms with Crippen LogP contribution in [0.5, 0.6) is 0 Å². The van der Waals surface area contributed by atoms with Gasteiger partial charge >= 0.3 is 0 Å². The van der Waals surface area contributed by atoms with E-state index in [9.17, 15) is 4.79 Å². The summed E-state index contributed by atoms with van der Waals surface area (Å²) >= 11 is 2.23. The summed E-state index contributed by atoms with van der Waals surface area (Å²) in [4.78, 5) is 14.4. The van der Waals surface area contributed by atoms with Crippen LogP contribution in [-0.2, 0) is 0 Å². The average molecular weight is 359 g/mol. The predicted molar refractivity (Wildman–Crippen MR) is 79.5 cm³/mol. The third-order valence-corrected chi connectivity index (χ3v) is 4.14. The summed E-state index contributed by atoms with van der Waals surface area (Å²) in [6.07, 6.45) is 4.07. The highest BCUT2D eigenvalue weighted by atomic mass is 127. The molecule has 0 unspecified atom stereocenters. The van der Waals surface area contributed by atoms with Crippen molar-refractivity contribution in [1.82, 2.24) is 4.90 Å². The molecule has 0 aromatic heterocycles. The third-order valence-electron chi connectivity index (χ3n) is 3.42. The fourth-order valence-corrected chi connectivity index (χ4v) is 2.51. The molecule has 1 aromatic carbocycles. The van der Waals surface area contributed by atoms with E-state index in [1.807, 2.05) is 29.2 Å². The molecule has 18 heavy (non-hydrogen) atoms. The number of hydrogen-bond donors (Lipinski definition) is 1. The Labute approximate surface area is 121 Å². The molecule has 0 saturated heterocycles. The van der Waals surface area contributed by atoms with Crippen molar-refractivity contribution in [2.75, 3.05) is 13.2 Å². The van der Waals surface area contributed by atoms with Crippen molar-refractivity contribution in [3.63, 3.8) is 0 Å². The maximum Gasteiger partial charge on any atom is 0.254 e. The first kappa shape index (κ1) is 13.8. The van der Waals surface area contributed by atoms with Crippen LogP contribution < -0.4 is 0 Å². The van der Waals surface area contributed by atoms with Gasteiger partial charge in [-0.25, -0.2) is 0 Å². The summed E-state index contributed by atoms with van der Waals surface area (Å²) in [5.41, 5.74) is 0.750. The molecule has 1 aromatic rings. The summed E-state index contributed by atoms with van der Waals surface area (Å²) in [6.45, 7) is 0.801. The molecule has 1 saturated carbocycles. The molecule has 0 radical (unpaired) electrons. The van der Waals surface area contributed by atoms with Crippen molar-refractivity contribution in [1.29, 1.82) is 0 Å². The molecule has 0 bridgehead atoms. The number of aliphatic hydroxyl groups excluding tert-OH is 1. The van der Waals surface area contributed by atoms with Gasteiger partial charge in [-0.2, -0.15) is 0 Å². The first-order chi connectivity index (χ1) is 8.72. The molecule has 4 heteroatoms. The molecular formula is C14H18INO2. The smallest absolute Gasteiger partial charge is 0.254 e. The van der Waals surface area contributed by atoms with Gasteiger partial charge in [-0.15, -0.1) is 0 Å². The van der Waals surface area contributed by atoms with Crippen LogP contribution in [0, 0.1) is 3.57 Å². The van der Waals surface area contributed by atoms with Crippen LogP contribution in [0.4, 0.5) is 0 Å². The van der Waals surface area contributed by atoms with Crippen molar-refractivity contribution in [3.05, 3.63) is 33.4 Å². The Hall–Kier alpha value is -0.620. The van der Waals surface area contributed by atoms with Gasteiger partial charge in [0.2, 0.25) is 0 Å². The largest absolute Gasteiger partial charge is 0.396 e. The SMILES string of the molecule is O=C(c1ccc(I)cc1)N(CCCO)C1CCC1. The lowest BCUT2D eigenvalue weighted by Gasteiger charge is -2.37. The standard InChI is InChI=1S/C14H18INO2/c15-12-7-5-11(6-8-12)14(18)16(9-2-10-17)13-3-1-4-13/h5-8,13,17H,1-4,9-10H2. The molecule has 1 aliphatic rings. The van der Waals surface area contributed by atoms with E-state index >= 15 is 0 Å². The van der Waals surface area contributed by atoms with E-state index in [0.717, 1.165) is 22.0 Å². The second kappa shape index (κ2) is 6.52. The average Bonchev–Trinajstić information content (AvgIpc) is 2.32. The van der Waals surface area contributed by atoms with Gasteiger partial charge in [0, 0.05) is 28.3 Å². The van der Waals surface area contributed by atoms with Gasteiger partial charge in [0.05, 0.1) is 0 Å². The van der Waals surface area contributed by atoms with E-state index in [1.165, 1.54) is 6.42 Å². The Kier molecular flexibility index (Phi) is 5.00. The number of aliphatic hydroxyl groups is 1. The Morgan fingerprint density at radius 1 is 1.33 bits per heavy atom. The van der Waals surface area contributed by atoms with Gasteiger partial charge < -0.3 is 10.0 Å². The second-order valence-electron chi connectivity index (χ2n) is 4.67. The predicted octanol–water partition coefficient (Wildman–Crippen LogP) is 2.67. The molecule has 98 valence electrons. The van der Waals surface area contributed by atoms with Gasteiger partial charge in [-0.05, 0) is 72.5 Å². The lowest BCUT2D eigenvalue weighted by molar-refractivity contribution is 0.0562. The molecule has 0 aliphatic heterocycles. The highest BCUT2D eigenvalue weighted by Crippen LogP contribution is 2.26. The highest BCUT2D eigenvalue weighted by molar-refractivity contribution is 14.1. The second-order valence-corrected chi connectivity index (χ2v) is 5.91. The first-order valence-electron chi connectivity index (χ1n) is 6.40. The normalized spacial score (nSPS) is 15.2. The minimum Gasteiger partial charge on any atom is -0.396 e. The Morgan fingerprint density at radius 2 is 2.00 bits per heavy atom. The number of amides is 1. The van der Waals surface area contributed by atoms with E-state index in [-0.39, 0.29) is 12.5 Å². The highest BCUT2D eigenvalue weighted by Gasteiger charge is 2.28. The minimum absolute atomic E-state index is 0.101. The van der Waals surface area contributed by atoms with Crippen LogP contribution in [0.3, 0.4) is 0 Å². The molecule has 1 amide bonds. The first-order valence-corrected chi connectivity index (χ1v) is 7.47. The fraction of sp³-hybridized carbons (Fsp3) is 0.500. The number of nitrogens with zero attached hydrogens (tertiary/aromatic N) is 1. The van der Waals surface area contributed by atoms with Gasteiger partial charge in [-0.1, -0.05) is 0 Å². The van der Waals surface area contributed by atoms with E-state index in [0.29, 0.717) is 19.0 Å². The van der Waals surface area contributed by atoms with Crippen LogP contribution >= 0.6 is 22.6 Å². The molecule has 0 atom stereocenters. The minimum atomic E-state index is 0.101. The molecule has 0 heterocycles. The summed E-state index contributed by atoms with van der Waals surface area (Å²) in [5.74, 6) is 0.101. The molecular weight excluding hydrogens is 341 g/mol. The third kappa shape index (κ3) is 3.23. The topological polar surface area (TPSA) is 40.5 Å². The number of hydrogen-bond acceptors (Lipinski definition) is 2. The fourth-order valence-electron chi connectivity index (χ4n) is 2.15. The van der Waals surface area contributed by atoms with Crippen molar-refractivity contribution < 1.29 is 9.90 Å². The van der Waals surface area contributed by atoms with Crippen LogP contribution in [0.25, 0.3) is 0 Å². The van der Waals surface area contributed by atoms with Crippen molar-refractivity contribution in [2.45, 2.75) is 31.7 Å². The van der Waals surface area contributed by atoms with Gasteiger partial charge in [-0.3, -0.25) is 4.79 Å². The Balaban J connectivity index is 2.08. The Bertz CT molecular complexity index is 401. The maximum atomic E-state index is 12.4. The molecule has 0 spiro atoms. The maximum absolute atomic E-state index is 12.4. The lowest BCUT2D eigenvalue weighted by atomic mass is 9.91. The van der Waals surface area contributed by atoms with Crippen LogP contribution in [0.1, 0.15) is 36.0 Å². The van der Waals surface area contributed by atoms with E-state index in [1.54, 1.807) is 0 Å². The quantitative estimate of drug-likeness (QED) is 0.822. The van der Waals surface area contributed by atoms with E-state index in [2.05, 4.69) is 22.6 Å². The zero-order valence-corrected chi connectivity index (χ0v) is 12.5. The lowest BCUT2D eigenvalue weighted by Crippen LogP contribution is -2.44. The molecule has 1 aliphatic carbocycles. The van der Waals surface area contributed by atoms with Crippen molar-refractivity contribution in [2.24, 2.45) is 0 Å². The zero-order valence-electron chi connectivity index (χ0n) is 10.3. The number of carbonyl (C=O) groups excluding carboxylic acids is 1. The van der Waals surface area contributed by atoms with Crippen LogP contribution in [-0.4, -0.2) is 35.1 Å². The number of benzene rings is 1. The van der Waals surface area contributed by atoms with Gasteiger partial charge in [0.15, 0.2) is 0 Å². The van der Waals surface area contributed by atoms with E-state index in [4.69, 9.17) is 5.11 Å². The summed E-state index contributed by atoms with van der Waals surface area (Å²) in [7, 11) is 0. The van der Waals surface area contributed by atoms with Crippen molar-refractivity contribution in [3.8, 4) is 0 Å². The van der Waals surface area contributed by atoms with Crippen LogP contribution in [0.2, 0.25) is 0 Å². The molecule has 1 N–H and O–H groups in total. The molecule has 2 rings (SSSR count). The summed E-state index contributed by atoms with van der Waals surface area (Å²) in [5, 5.41) is 8.94. The van der Waals surface area contributed by atoms with Gasteiger partial charge in [0.1, 0.15) is 0 Å². The number of carbonyl (C=O) groups is 1. The zero-order chi connectivity index (χ0) is 13.0. The monoisotopic (exact) mass is 359 g/mol. The number of halogens is 1. The van der Waals surface area contributed by atoms with E-state index < -0.39 is 0 Å². The summed E-state index contributed by atoms with van der Waals surface area (Å²) in [6, 6.07) is 8.06. The molecule has 1 fully saturated rings. The Morgan fingerprint density at radius 3 is 2.50 bits per heavy atom. The molecule has 3 nitrogen and oxygen atoms in total.